The molecule has 1 aliphatic carbocycles. The summed E-state index contributed by atoms with van der Waals surface area (Å²) in [6.45, 7) is 10.0. The van der Waals surface area contributed by atoms with E-state index in [9.17, 15) is 9.59 Å². The predicted molar refractivity (Wildman–Crippen MR) is 117 cm³/mol. The van der Waals surface area contributed by atoms with Crippen LogP contribution in [0.3, 0.4) is 0 Å². The summed E-state index contributed by atoms with van der Waals surface area (Å²) in [4.78, 5) is 36.0. The molecule has 8 heteroatoms. The van der Waals surface area contributed by atoms with Crippen LogP contribution in [0.15, 0.2) is 18.3 Å². The average molecular weight is 425 g/mol. The summed E-state index contributed by atoms with van der Waals surface area (Å²) in [5.41, 5.74) is 0.120. The Morgan fingerprint density at radius 3 is 2.48 bits per heavy atom. The van der Waals surface area contributed by atoms with Crippen LogP contribution in [-0.2, 0) is 4.79 Å². The fourth-order valence-corrected chi connectivity index (χ4v) is 5.10. The molecule has 2 saturated heterocycles. The molecule has 8 nitrogen and oxygen atoms in total. The van der Waals surface area contributed by atoms with E-state index in [1.54, 1.807) is 18.3 Å². The van der Waals surface area contributed by atoms with Crippen molar-refractivity contribution in [3.63, 3.8) is 0 Å². The van der Waals surface area contributed by atoms with Gasteiger partial charge in [-0.2, -0.15) is 5.26 Å². The standard InChI is InChI=1S/C23H32N6O2/c1-22(2,3)18-4-7-23(8-5-18)20(30)29(21(31)26-23)16-27-10-12-28(13-11-27)19-14-17(15-24)6-9-25-19/h6,9,14,18H,4-5,7-8,10-13,16H2,1-3H3,(H,26,31). The third-order valence-corrected chi connectivity index (χ3v) is 7.22. The van der Waals surface area contributed by atoms with Gasteiger partial charge >= 0.3 is 6.03 Å². The topological polar surface area (TPSA) is 92.6 Å². The van der Waals surface area contributed by atoms with Crippen molar-refractivity contribution < 1.29 is 9.59 Å². The van der Waals surface area contributed by atoms with Gasteiger partial charge in [0.15, 0.2) is 0 Å². The van der Waals surface area contributed by atoms with Crippen molar-refractivity contribution in [1.29, 1.82) is 5.26 Å². The Morgan fingerprint density at radius 2 is 1.87 bits per heavy atom. The van der Waals surface area contributed by atoms with Gasteiger partial charge in [-0.3, -0.25) is 9.69 Å². The SMILES string of the molecule is CC(C)(C)C1CCC2(CC1)NC(=O)N(CN1CCN(c3cc(C#N)ccn3)CC1)C2=O. The van der Waals surface area contributed by atoms with Crippen molar-refractivity contribution in [2.24, 2.45) is 11.3 Å². The van der Waals surface area contributed by atoms with Crippen LogP contribution in [0.4, 0.5) is 10.6 Å². The molecule has 1 aromatic rings. The number of aromatic nitrogens is 1. The lowest BCUT2D eigenvalue weighted by molar-refractivity contribution is -0.134. The lowest BCUT2D eigenvalue weighted by atomic mass is 9.67. The summed E-state index contributed by atoms with van der Waals surface area (Å²) in [7, 11) is 0. The van der Waals surface area contributed by atoms with Gasteiger partial charge in [0.1, 0.15) is 11.4 Å². The van der Waals surface area contributed by atoms with Crippen molar-refractivity contribution in [3.05, 3.63) is 23.9 Å². The Balaban J connectivity index is 1.34. The molecule has 2 aliphatic heterocycles. The van der Waals surface area contributed by atoms with Crippen LogP contribution in [0.25, 0.3) is 0 Å². The highest BCUT2D eigenvalue weighted by Crippen LogP contribution is 2.43. The molecule has 0 radical (unpaired) electrons. The number of nitrogens with one attached hydrogen (secondary N) is 1. The summed E-state index contributed by atoms with van der Waals surface area (Å²) >= 11 is 0. The predicted octanol–water partition coefficient (Wildman–Crippen LogP) is 2.56. The van der Waals surface area contributed by atoms with Crippen molar-refractivity contribution in [2.75, 3.05) is 37.7 Å². The van der Waals surface area contributed by atoms with Gasteiger partial charge < -0.3 is 10.2 Å². The zero-order chi connectivity index (χ0) is 22.2. The number of rotatable bonds is 3. The molecule has 3 aliphatic rings. The maximum absolute atomic E-state index is 13.2. The highest BCUT2D eigenvalue weighted by atomic mass is 16.2. The van der Waals surface area contributed by atoms with Crippen molar-refractivity contribution in [2.45, 2.75) is 52.0 Å². The smallest absolute Gasteiger partial charge is 0.326 e. The van der Waals surface area contributed by atoms with Crippen LogP contribution < -0.4 is 10.2 Å². The van der Waals surface area contributed by atoms with Gasteiger partial charge in [0.2, 0.25) is 0 Å². The van der Waals surface area contributed by atoms with Crippen LogP contribution in [0.5, 0.6) is 0 Å². The maximum Gasteiger partial charge on any atom is 0.326 e. The van der Waals surface area contributed by atoms with Crippen LogP contribution in [-0.4, -0.2) is 65.1 Å². The van der Waals surface area contributed by atoms with E-state index in [4.69, 9.17) is 5.26 Å². The highest BCUT2D eigenvalue weighted by molar-refractivity contribution is 6.07. The Bertz CT molecular complexity index is 886. The zero-order valence-corrected chi connectivity index (χ0v) is 18.7. The molecule has 1 spiro atoms. The van der Waals surface area contributed by atoms with Gasteiger partial charge in [-0.1, -0.05) is 20.8 Å². The quantitative estimate of drug-likeness (QED) is 0.750. The molecular formula is C23H32N6O2. The van der Waals surface area contributed by atoms with E-state index >= 15 is 0 Å². The summed E-state index contributed by atoms with van der Waals surface area (Å²) < 4.78 is 0. The third-order valence-electron chi connectivity index (χ3n) is 7.22. The molecule has 166 valence electrons. The molecule has 3 amide bonds. The first-order valence-corrected chi connectivity index (χ1v) is 11.2. The van der Waals surface area contributed by atoms with E-state index in [2.05, 4.69) is 46.9 Å². The van der Waals surface area contributed by atoms with E-state index in [0.717, 1.165) is 57.7 Å². The number of hydrogen-bond acceptors (Lipinski definition) is 6. The number of anilines is 1. The van der Waals surface area contributed by atoms with Crippen LogP contribution in [0, 0.1) is 22.7 Å². The Morgan fingerprint density at radius 1 is 1.19 bits per heavy atom. The molecule has 4 rings (SSSR count). The lowest BCUT2D eigenvalue weighted by Crippen LogP contribution is -2.53. The monoisotopic (exact) mass is 424 g/mol. The van der Waals surface area contributed by atoms with Crippen LogP contribution in [0.2, 0.25) is 0 Å². The number of hydrogen-bond donors (Lipinski definition) is 1. The molecule has 3 fully saturated rings. The average Bonchev–Trinajstić information content (AvgIpc) is 2.98. The van der Waals surface area contributed by atoms with E-state index in [0.29, 0.717) is 18.2 Å². The number of carbonyl (C=O) groups excluding carboxylic acids is 2. The number of nitrogens with zero attached hydrogens (tertiary/aromatic N) is 5. The minimum atomic E-state index is -0.706. The van der Waals surface area contributed by atoms with Crippen molar-refractivity contribution >= 4 is 17.8 Å². The number of urea groups is 1. The molecule has 0 atom stereocenters. The molecule has 0 aromatic carbocycles. The van der Waals surface area contributed by atoms with Crippen LogP contribution >= 0.6 is 0 Å². The molecule has 3 heterocycles. The summed E-state index contributed by atoms with van der Waals surface area (Å²) in [5.74, 6) is 1.32. The Hall–Kier alpha value is -2.66. The Kier molecular flexibility index (Phi) is 5.65. The van der Waals surface area contributed by atoms with Gasteiger partial charge in [0.05, 0.1) is 18.3 Å². The molecule has 0 unspecified atom stereocenters. The lowest BCUT2D eigenvalue weighted by Gasteiger charge is -2.41. The number of pyridine rings is 1. The molecule has 1 saturated carbocycles. The number of piperazine rings is 1. The first-order valence-electron chi connectivity index (χ1n) is 11.2. The molecular weight excluding hydrogens is 392 g/mol. The van der Waals surface area contributed by atoms with E-state index in [1.807, 2.05) is 0 Å². The van der Waals surface area contributed by atoms with E-state index in [1.165, 1.54) is 4.90 Å². The minimum Gasteiger partial charge on any atom is -0.354 e. The van der Waals surface area contributed by atoms with Gasteiger partial charge in [0, 0.05) is 32.4 Å². The fraction of sp³-hybridized carbons (Fsp3) is 0.652. The zero-order valence-electron chi connectivity index (χ0n) is 18.7. The van der Waals surface area contributed by atoms with Crippen molar-refractivity contribution in [1.82, 2.24) is 20.1 Å². The van der Waals surface area contributed by atoms with Crippen LogP contribution in [0.1, 0.15) is 52.0 Å². The second-order valence-corrected chi connectivity index (χ2v) is 10.1. The van der Waals surface area contributed by atoms with Crippen molar-refractivity contribution in [3.8, 4) is 6.07 Å². The number of carbonyl (C=O) groups is 2. The van der Waals surface area contributed by atoms with Gasteiger partial charge in [-0.05, 0) is 49.1 Å². The summed E-state index contributed by atoms with van der Waals surface area (Å²) in [5, 5.41) is 12.1. The largest absolute Gasteiger partial charge is 0.354 e. The minimum absolute atomic E-state index is 0.0596. The number of imide groups is 1. The second-order valence-electron chi connectivity index (χ2n) is 10.1. The third kappa shape index (κ3) is 4.24. The van der Waals surface area contributed by atoms with E-state index < -0.39 is 5.54 Å². The summed E-state index contributed by atoms with van der Waals surface area (Å²) in [6, 6.07) is 5.38. The molecule has 1 aromatic heterocycles. The molecule has 31 heavy (non-hydrogen) atoms. The first-order chi connectivity index (χ1) is 14.7. The maximum atomic E-state index is 13.2. The highest BCUT2D eigenvalue weighted by Gasteiger charge is 2.53. The Labute approximate surface area is 184 Å². The summed E-state index contributed by atoms with van der Waals surface area (Å²) in [6.07, 6.45) is 5.05. The van der Waals surface area contributed by atoms with Gasteiger partial charge in [-0.15, -0.1) is 0 Å². The number of nitriles is 1. The molecule has 1 N–H and O–H groups in total. The fourth-order valence-electron chi connectivity index (χ4n) is 5.10. The van der Waals surface area contributed by atoms with Gasteiger partial charge in [-0.25, -0.2) is 14.7 Å². The van der Waals surface area contributed by atoms with Gasteiger partial charge in [0.25, 0.3) is 5.91 Å². The normalized spacial score (nSPS) is 27.5. The molecule has 0 bridgehead atoms. The second kappa shape index (κ2) is 8.12. The van der Waals surface area contributed by atoms with E-state index in [-0.39, 0.29) is 17.4 Å². The first kappa shape index (κ1) is 21.6. The number of amides is 3.